The summed E-state index contributed by atoms with van der Waals surface area (Å²) in [4.78, 5) is 5.43. The maximum atomic E-state index is 13.6. The molecule has 0 radical (unpaired) electrons. The highest BCUT2D eigenvalue weighted by atomic mass is 19.1. The Bertz CT molecular complexity index is 526. The Kier molecular flexibility index (Phi) is 4.68. The molecular formula is C20H29FN2. The maximum Gasteiger partial charge on any atom is 0.123 e. The second kappa shape index (κ2) is 6.90. The van der Waals surface area contributed by atoms with Gasteiger partial charge in [0.15, 0.2) is 0 Å². The Morgan fingerprint density at radius 1 is 0.957 bits per heavy atom. The Morgan fingerprint density at radius 2 is 1.83 bits per heavy atom. The molecule has 3 fully saturated rings. The lowest BCUT2D eigenvalue weighted by molar-refractivity contribution is -0.00383. The Balaban J connectivity index is 1.55. The first kappa shape index (κ1) is 15.6. The molecule has 0 aromatic heterocycles. The van der Waals surface area contributed by atoms with E-state index in [-0.39, 0.29) is 5.82 Å². The molecule has 2 heterocycles. The van der Waals surface area contributed by atoms with Gasteiger partial charge in [0.25, 0.3) is 0 Å². The second-order valence-electron chi connectivity index (χ2n) is 7.73. The molecule has 23 heavy (non-hydrogen) atoms. The molecule has 0 spiro atoms. The number of rotatable bonds is 3. The van der Waals surface area contributed by atoms with Gasteiger partial charge in [0.2, 0.25) is 0 Å². The van der Waals surface area contributed by atoms with Crippen LogP contribution in [0, 0.1) is 11.7 Å². The van der Waals surface area contributed by atoms with Crippen LogP contribution in [0.25, 0.3) is 0 Å². The van der Waals surface area contributed by atoms with Crippen LogP contribution in [0.15, 0.2) is 24.3 Å². The molecule has 1 saturated carbocycles. The predicted molar refractivity (Wildman–Crippen MR) is 91.8 cm³/mol. The summed E-state index contributed by atoms with van der Waals surface area (Å²) in [7, 11) is 0. The molecule has 1 aliphatic carbocycles. The topological polar surface area (TPSA) is 6.48 Å². The van der Waals surface area contributed by atoms with Gasteiger partial charge < -0.3 is 0 Å². The molecule has 4 rings (SSSR count). The molecule has 2 saturated heterocycles. The fourth-order valence-corrected chi connectivity index (χ4v) is 5.31. The van der Waals surface area contributed by atoms with Crippen molar-refractivity contribution in [2.45, 2.75) is 63.6 Å². The van der Waals surface area contributed by atoms with E-state index < -0.39 is 0 Å². The summed E-state index contributed by atoms with van der Waals surface area (Å²) >= 11 is 0. The molecule has 0 bridgehead atoms. The summed E-state index contributed by atoms with van der Waals surface area (Å²) in [6.07, 6.45) is 9.75. The fourth-order valence-electron chi connectivity index (χ4n) is 5.31. The van der Waals surface area contributed by atoms with Crippen molar-refractivity contribution in [3.8, 4) is 0 Å². The van der Waals surface area contributed by atoms with E-state index in [1.54, 1.807) is 12.1 Å². The molecule has 3 heteroatoms. The standard InChI is InChI=1S/C20H29FN2/c21-18-9-4-6-16(14-18)15-23-13-12-22-11-5-10-19(22)20(23)17-7-2-1-3-8-17/h4,6,9,14,17,19-20H,1-3,5,7-8,10-13,15H2/t19-,20+/m1/s1. The molecule has 1 aromatic carbocycles. The van der Waals surface area contributed by atoms with Gasteiger partial charge in [-0.2, -0.15) is 0 Å². The number of benzene rings is 1. The third kappa shape index (κ3) is 3.32. The van der Waals surface area contributed by atoms with Crippen LogP contribution in [0.2, 0.25) is 0 Å². The van der Waals surface area contributed by atoms with Gasteiger partial charge in [-0.1, -0.05) is 31.4 Å². The van der Waals surface area contributed by atoms with Crippen molar-refractivity contribution in [3.05, 3.63) is 35.6 Å². The van der Waals surface area contributed by atoms with E-state index in [1.165, 1.54) is 58.0 Å². The summed E-state index contributed by atoms with van der Waals surface area (Å²) in [5.41, 5.74) is 1.14. The number of hydrogen-bond donors (Lipinski definition) is 0. The molecule has 0 unspecified atom stereocenters. The zero-order valence-electron chi connectivity index (χ0n) is 14.1. The summed E-state index contributed by atoms with van der Waals surface area (Å²) < 4.78 is 13.6. The second-order valence-corrected chi connectivity index (χ2v) is 7.73. The van der Waals surface area contributed by atoms with Gasteiger partial charge in [-0.3, -0.25) is 9.80 Å². The first-order valence-corrected chi connectivity index (χ1v) is 9.54. The van der Waals surface area contributed by atoms with Crippen molar-refractivity contribution in [3.63, 3.8) is 0 Å². The zero-order chi connectivity index (χ0) is 15.6. The average Bonchev–Trinajstić information content (AvgIpc) is 3.04. The van der Waals surface area contributed by atoms with E-state index in [2.05, 4.69) is 15.9 Å². The van der Waals surface area contributed by atoms with Crippen molar-refractivity contribution in [2.24, 2.45) is 5.92 Å². The minimum absolute atomic E-state index is 0.101. The molecule has 0 amide bonds. The lowest BCUT2D eigenvalue weighted by atomic mass is 9.78. The van der Waals surface area contributed by atoms with E-state index in [1.807, 2.05) is 6.07 Å². The van der Waals surface area contributed by atoms with E-state index in [0.717, 1.165) is 30.6 Å². The lowest BCUT2D eigenvalue weighted by Gasteiger charge is -2.49. The molecule has 2 nitrogen and oxygen atoms in total. The van der Waals surface area contributed by atoms with Gasteiger partial charge in [-0.25, -0.2) is 4.39 Å². The van der Waals surface area contributed by atoms with Gasteiger partial charge >= 0.3 is 0 Å². The van der Waals surface area contributed by atoms with Gasteiger partial charge in [-0.15, -0.1) is 0 Å². The first-order valence-electron chi connectivity index (χ1n) is 9.54. The first-order chi connectivity index (χ1) is 11.3. The van der Waals surface area contributed by atoms with Crippen LogP contribution in [0.4, 0.5) is 4.39 Å². The zero-order valence-corrected chi connectivity index (χ0v) is 14.1. The third-order valence-corrected chi connectivity index (χ3v) is 6.31. The number of nitrogens with zero attached hydrogens (tertiary/aromatic N) is 2. The molecule has 2 aliphatic heterocycles. The summed E-state index contributed by atoms with van der Waals surface area (Å²) in [5, 5.41) is 0. The molecule has 1 aromatic rings. The lowest BCUT2D eigenvalue weighted by Crippen LogP contribution is -2.59. The highest BCUT2D eigenvalue weighted by Gasteiger charge is 2.42. The average molecular weight is 316 g/mol. The van der Waals surface area contributed by atoms with E-state index >= 15 is 0 Å². The van der Waals surface area contributed by atoms with Gasteiger partial charge in [-0.05, 0) is 55.8 Å². The molecule has 3 aliphatic rings. The normalized spacial score (nSPS) is 30.5. The van der Waals surface area contributed by atoms with Crippen molar-refractivity contribution < 1.29 is 4.39 Å². The summed E-state index contributed by atoms with van der Waals surface area (Å²) in [6.45, 7) is 4.56. The minimum atomic E-state index is -0.101. The van der Waals surface area contributed by atoms with Gasteiger partial charge in [0.05, 0.1) is 0 Å². The third-order valence-electron chi connectivity index (χ3n) is 6.31. The summed E-state index contributed by atoms with van der Waals surface area (Å²) in [6, 6.07) is 8.65. The SMILES string of the molecule is Fc1cccc(CN2CCN3CCC[C@@H]3[C@@H]2C2CCCCC2)c1. The highest BCUT2D eigenvalue weighted by Crippen LogP contribution is 2.38. The number of halogens is 1. The van der Waals surface area contributed by atoms with E-state index in [4.69, 9.17) is 0 Å². The Morgan fingerprint density at radius 3 is 2.65 bits per heavy atom. The maximum absolute atomic E-state index is 13.6. The van der Waals surface area contributed by atoms with Gasteiger partial charge in [0, 0.05) is 31.7 Å². The highest BCUT2D eigenvalue weighted by molar-refractivity contribution is 5.17. The van der Waals surface area contributed by atoms with Crippen molar-refractivity contribution >= 4 is 0 Å². The number of hydrogen-bond acceptors (Lipinski definition) is 2. The molecule has 126 valence electrons. The fraction of sp³-hybridized carbons (Fsp3) is 0.700. The van der Waals surface area contributed by atoms with Crippen molar-refractivity contribution in [1.29, 1.82) is 0 Å². The molecular weight excluding hydrogens is 287 g/mol. The Labute approximate surface area is 139 Å². The minimum Gasteiger partial charge on any atom is -0.298 e. The summed E-state index contributed by atoms with van der Waals surface area (Å²) in [5.74, 6) is 0.749. The molecule has 2 atom stereocenters. The predicted octanol–water partition coefficient (Wildman–Crippen LogP) is 4.05. The van der Waals surface area contributed by atoms with Crippen LogP contribution in [0.1, 0.15) is 50.5 Å². The number of piperazine rings is 1. The van der Waals surface area contributed by atoms with Crippen LogP contribution in [-0.4, -0.2) is 41.5 Å². The van der Waals surface area contributed by atoms with E-state index in [9.17, 15) is 4.39 Å². The largest absolute Gasteiger partial charge is 0.298 e. The van der Waals surface area contributed by atoms with Crippen LogP contribution in [-0.2, 0) is 6.54 Å². The van der Waals surface area contributed by atoms with E-state index in [0.29, 0.717) is 6.04 Å². The molecule has 0 N–H and O–H groups in total. The Hall–Kier alpha value is -0.930. The van der Waals surface area contributed by atoms with Crippen molar-refractivity contribution in [2.75, 3.05) is 19.6 Å². The van der Waals surface area contributed by atoms with Crippen LogP contribution < -0.4 is 0 Å². The van der Waals surface area contributed by atoms with Crippen LogP contribution >= 0.6 is 0 Å². The van der Waals surface area contributed by atoms with Crippen LogP contribution in [0.3, 0.4) is 0 Å². The van der Waals surface area contributed by atoms with Crippen LogP contribution in [0.5, 0.6) is 0 Å². The van der Waals surface area contributed by atoms with Crippen molar-refractivity contribution in [1.82, 2.24) is 9.80 Å². The quantitative estimate of drug-likeness (QED) is 0.830. The smallest absolute Gasteiger partial charge is 0.123 e. The number of fused-ring (bicyclic) bond motifs is 1. The monoisotopic (exact) mass is 316 g/mol. The van der Waals surface area contributed by atoms with Gasteiger partial charge in [0.1, 0.15) is 5.82 Å².